The fourth-order valence-corrected chi connectivity index (χ4v) is 7.19. The SMILES string of the molecule is CCCCCCCCC(C(=O)[O-])(C(CCCCCCCC)(C(=O)[O-])S(=O)(=O)O)S(=O)(=O)O.[Na+].[Na+]. The average molecular weight is 547 g/mol. The van der Waals surface area contributed by atoms with Gasteiger partial charge in [-0.15, -0.1) is 0 Å². The molecule has 0 saturated heterocycles. The van der Waals surface area contributed by atoms with E-state index in [-0.39, 0.29) is 84.8 Å². The molecule has 0 fully saturated rings. The van der Waals surface area contributed by atoms with Gasteiger partial charge in [0.1, 0.15) is 0 Å². The molecule has 0 radical (unpaired) electrons. The molecule has 0 aromatic heterocycles. The fraction of sp³-hybridized carbons (Fsp3) is 0.900. The molecule has 0 aliphatic carbocycles. The van der Waals surface area contributed by atoms with Crippen molar-refractivity contribution in [2.45, 2.75) is 113 Å². The minimum Gasteiger partial charge on any atom is -0.548 e. The van der Waals surface area contributed by atoms with Crippen LogP contribution in [0, 0.1) is 0 Å². The minimum absolute atomic E-state index is 0. The Hall–Kier alpha value is 0.760. The van der Waals surface area contributed by atoms with Crippen molar-refractivity contribution >= 4 is 32.2 Å². The number of hydrogen-bond acceptors (Lipinski definition) is 8. The molecule has 0 saturated carbocycles. The van der Waals surface area contributed by atoms with E-state index in [0.717, 1.165) is 38.5 Å². The molecule has 0 heterocycles. The van der Waals surface area contributed by atoms with Crippen molar-refractivity contribution in [2.24, 2.45) is 0 Å². The van der Waals surface area contributed by atoms with Gasteiger partial charge in [0.15, 0.2) is 9.49 Å². The molecule has 0 aromatic rings. The van der Waals surface area contributed by atoms with Crippen molar-refractivity contribution in [3.8, 4) is 0 Å². The number of rotatable bonds is 19. The zero-order chi connectivity index (χ0) is 25.1. The third-order valence-corrected chi connectivity index (χ3v) is 9.29. The van der Waals surface area contributed by atoms with Crippen molar-refractivity contribution in [3.05, 3.63) is 0 Å². The van der Waals surface area contributed by atoms with Crippen LogP contribution in [0.15, 0.2) is 0 Å². The Balaban J connectivity index is -0.00000480. The second kappa shape index (κ2) is 18.1. The monoisotopic (exact) mass is 546 g/mol. The summed E-state index contributed by atoms with van der Waals surface area (Å²) in [5.74, 6) is -5.22. The van der Waals surface area contributed by atoms with Gasteiger partial charge < -0.3 is 19.8 Å². The third-order valence-electron chi connectivity index (χ3n) is 5.96. The van der Waals surface area contributed by atoms with Crippen LogP contribution in [0.1, 0.15) is 104 Å². The molecule has 34 heavy (non-hydrogen) atoms. The number of hydrogen-bond donors (Lipinski definition) is 2. The zero-order valence-corrected chi connectivity index (χ0v) is 26.5. The van der Waals surface area contributed by atoms with Gasteiger partial charge in [0.25, 0.3) is 20.2 Å². The maximum atomic E-state index is 12.3. The first-order valence-electron chi connectivity index (χ1n) is 11.1. The molecule has 0 aliphatic heterocycles. The summed E-state index contributed by atoms with van der Waals surface area (Å²) in [5.41, 5.74) is 0. The summed E-state index contributed by atoms with van der Waals surface area (Å²) < 4.78 is 61.3. The van der Waals surface area contributed by atoms with E-state index in [2.05, 4.69) is 0 Å². The predicted molar refractivity (Wildman–Crippen MR) is 115 cm³/mol. The maximum Gasteiger partial charge on any atom is 1.00 e. The van der Waals surface area contributed by atoms with Gasteiger partial charge in [-0.1, -0.05) is 90.9 Å². The number of carbonyl (C=O) groups excluding carboxylic acids is 2. The average Bonchev–Trinajstić information content (AvgIpc) is 2.65. The molecule has 14 heteroatoms. The van der Waals surface area contributed by atoms with E-state index in [9.17, 15) is 45.7 Å². The molecule has 0 amide bonds. The van der Waals surface area contributed by atoms with Crippen molar-refractivity contribution in [3.63, 3.8) is 0 Å². The van der Waals surface area contributed by atoms with Gasteiger partial charge in [-0.3, -0.25) is 9.11 Å². The fourth-order valence-electron chi connectivity index (χ4n) is 4.13. The molecule has 0 bridgehead atoms. The molecular formula is C20H36Na2O10S2. The van der Waals surface area contributed by atoms with Crippen LogP contribution in [0.2, 0.25) is 0 Å². The minimum atomic E-state index is -5.88. The molecule has 10 nitrogen and oxygen atoms in total. The summed E-state index contributed by atoms with van der Waals surface area (Å²) in [6.45, 7) is 3.92. The first-order chi connectivity index (χ1) is 14.8. The van der Waals surface area contributed by atoms with E-state index in [1.165, 1.54) is 0 Å². The number of carbonyl (C=O) groups is 2. The number of unbranched alkanes of at least 4 members (excludes halogenated alkanes) is 10. The number of carboxylic acid groups (broad SMARTS) is 2. The van der Waals surface area contributed by atoms with Crippen molar-refractivity contribution in [1.82, 2.24) is 0 Å². The molecule has 0 aromatic carbocycles. The number of carboxylic acids is 2. The maximum absolute atomic E-state index is 12.3. The first kappa shape index (κ1) is 39.3. The Bertz CT molecular complexity index is 749. The van der Waals surface area contributed by atoms with Crippen LogP contribution in [0.5, 0.6) is 0 Å². The van der Waals surface area contributed by atoms with Crippen LogP contribution in [0.4, 0.5) is 0 Å². The van der Waals surface area contributed by atoms with E-state index in [4.69, 9.17) is 0 Å². The normalized spacial score (nSPS) is 15.3. The topological polar surface area (TPSA) is 189 Å². The summed E-state index contributed by atoms with van der Waals surface area (Å²) in [6, 6.07) is 0. The molecule has 190 valence electrons. The molecule has 0 aliphatic rings. The standard InChI is InChI=1S/C20H38O10S2.2Na/c1-3-5-7-9-11-13-15-19(17(21)22,31(25,26)27)20(18(23)24,32(28,29)30)16-14-12-10-8-6-4-2;;/h3-16H2,1-2H3,(H,21,22)(H,23,24)(H,25,26,27)(H,28,29,30);;/q;2*+1/p-2. The van der Waals surface area contributed by atoms with E-state index >= 15 is 0 Å². The van der Waals surface area contributed by atoms with Gasteiger partial charge in [0, 0.05) is 0 Å². The molecule has 2 N–H and O–H groups in total. The van der Waals surface area contributed by atoms with Gasteiger partial charge in [-0.05, 0) is 12.8 Å². The van der Waals surface area contributed by atoms with Gasteiger partial charge in [-0.2, -0.15) is 16.8 Å². The molecule has 2 unspecified atom stereocenters. The van der Waals surface area contributed by atoms with Gasteiger partial charge in [0.2, 0.25) is 0 Å². The smallest absolute Gasteiger partial charge is 0.548 e. The second-order valence-electron chi connectivity index (χ2n) is 8.21. The molecule has 0 spiro atoms. The third kappa shape index (κ3) is 9.90. The van der Waals surface area contributed by atoms with Crippen molar-refractivity contribution in [1.29, 1.82) is 0 Å². The molecular weight excluding hydrogens is 510 g/mol. The van der Waals surface area contributed by atoms with Crippen molar-refractivity contribution in [2.75, 3.05) is 0 Å². The van der Waals surface area contributed by atoms with Gasteiger partial charge in [-0.25, -0.2) is 0 Å². The Kier molecular flexibility index (Phi) is 20.9. The largest absolute Gasteiger partial charge is 1.00 e. The summed E-state index contributed by atoms with van der Waals surface area (Å²) in [4.78, 5) is 24.2. The van der Waals surface area contributed by atoms with Crippen LogP contribution >= 0.6 is 0 Å². The first-order valence-corrected chi connectivity index (χ1v) is 14.0. The molecule has 0 rings (SSSR count). The van der Waals surface area contributed by atoms with Crippen LogP contribution in [0.25, 0.3) is 0 Å². The Morgan fingerprint density at radius 3 is 1.03 bits per heavy atom. The van der Waals surface area contributed by atoms with E-state index in [1.807, 2.05) is 13.8 Å². The van der Waals surface area contributed by atoms with Crippen LogP contribution < -0.4 is 69.3 Å². The van der Waals surface area contributed by atoms with Crippen LogP contribution in [-0.4, -0.2) is 47.4 Å². The number of aliphatic carboxylic acids is 2. The van der Waals surface area contributed by atoms with E-state index in [1.54, 1.807) is 0 Å². The quantitative estimate of drug-likeness (QED) is 0.0904. The summed E-state index contributed by atoms with van der Waals surface area (Å²) in [6.07, 6.45) is 4.12. The van der Waals surface area contributed by atoms with Gasteiger partial charge in [0.05, 0.1) is 11.9 Å². The van der Waals surface area contributed by atoms with Crippen molar-refractivity contribution < 1.29 is 105 Å². The Morgan fingerprint density at radius 1 is 0.588 bits per heavy atom. The van der Waals surface area contributed by atoms with Crippen LogP contribution in [-0.2, 0) is 29.8 Å². The Morgan fingerprint density at radius 2 is 0.824 bits per heavy atom. The second-order valence-corrected chi connectivity index (χ2v) is 11.5. The van der Waals surface area contributed by atoms with E-state index < -0.39 is 54.5 Å². The summed E-state index contributed by atoms with van der Waals surface area (Å²) >= 11 is 0. The van der Waals surface area contributed by atoms with Gasteiger partial charge >= 0.3 is 59.1 Å². The van der Waals surface area contributed by atoms with Crippen LogP contribution in [0.3, 0.4) is 0 Å². The Labute approximate surface area is 248 Å². The predicted octanol–water partition coefficient (Wildman–Crippen LogP) is -4.75. The zero-order valence-electron chi connectivity index (χ0n) is 20.9. The summed E-state index contributed by atoms with van der Waals surface area (Å²) in [5, 5.41) is 24.2. The van der Waals surface area contributed by atoms with E-state index in [0.29, 0.717) is 12.8 Å². The molecule has 2 atom stereocenters. The summed E-state index contributed by atoms with van der Waals surface area (Å²) in [7, 11) is -11.8.